The Hall–Kier alpha value is -3.61. The highest BCUT2D eigenvalue weighted by Crippen LogP contribution is 2.24. The fraction of sp³-hybridized carbons (Fsp3) is 0.150. The lowest BCUT2D eigenvalue weighted by Gasteiger charge is -2.05. The van der Waals surface area contributed by atoms with E-state index in [1.807, 2.05) is 24.3 Å². The van der Waals surface area contributed by atoms with E-state index in [1.165, 1.54) is 7.11 Å². The molecular weight excluding hydrogens is 346 g/mol. The molecule has 0 atom stereocenters. The van der Waals surface area contributed by atoms with Gasteiger partial charge in [0.05, 0.1) is 25.5 Å². The monoisotopic (exact) mass is 365 g/mol. The van der Waals surface area contributed by atoms with E-state index in [-0.39, 0.29) is 11.6 Å². The molecule has 0 aliphatic carbocycles. The molecule has 7 heteroatoms. The largest absolute Gasteiger partial charge is 0.497 e. The summed E-state index contributed by atoms with van der Waals surface area (Å²) in [5, 5.41) is 7.03. The Morgan fingerprint density at radius 3 is 2.56 bits per heavy atom. The normalized spacial score (nSPS) is 10.3. The number of hydrogen-bond acceptors (Lipinski definition) is 5. The highest BCUT2D eigenvalue weighted by Gasteiger charge is 2.15. The van der Waals surface area contributed by atoms with Crippen molar-refractivity contribution in [2.75, 3.05) is 19.5 Å². The van der Waals surface area contributed by atoms with Crippen LogP contribution in [0.4, 0.5) is 5.69 Å². The van der Waals surface area contributed by atoms with Crippen LogP contribution in [0.25, 0.3) is 11.3 Å². The van der Waals surface area contributed by atoms with E-state index in [4.69, 9.17) is 9.47 Å². The van der Waals surface area contributed by atoms with Gasteiger partial charge in [0.15, 0.2) is 5.69 Å². The zero-order chi connectivity index (χ0) is 19.4. The number of amides is 1. The number of nitrogens with zero attached hydrogens (tertiary/aromatic N) is 2. The SMILES string of the molecule is COC(=O)c1cccc(NC(=O)c2cc(-c3cccc(OC)c3)n(C)n2)c1. The average Bonchev–Trinajstić information content (AvgIpc) is 3.09. The Labute approximate surface area is 156 Å². The molecule has 0 spiro atoms. The van der Waals surface area contributed by atoms with E-state index < -0.39 is 5.97 Å². The number of hydrogen-bond donors (Lipinski definition) is 1. The van der Waals surface area contributed by atoms with Crippen LogP contribution in [-0.4, -0.2) is 35.9 Å². The molecular formula is C20H19N3O4. The molecule has 3 aromatic rings. The minimum absolute atomic E-state index is 0.263. The zero-order valence-electron chi connectivity index (χ0n) is 15.2. The summed E-state index contributed by atoms with van der Waals surface area (Å²) in [5.41, 5.74) is 2.77. The molecule has 0 fully saturated rings. The Kier molecular flexibility index (Phi) is 5.21. The van der Waals surface area contributed by atoms with Crippen molar-refractivity contribution in [3.8, 4) is 17.0 Å². The molecule has 27 heavy (non-hydrogen) atoms. The smallest absolute Gasteiger partial charge is 0.337 e. The van der Waals surface area contributed by atoms with Gasteiger partial charge < -0.3 is 14.8 Å². The summed E-state index contributed by atoms with van der Waals surface area (Å²) in [5.74, 6) is -0.120. The van der Waals surface area contributed by atoms with Crippen LogP contribution in [-0.2, 0) is 11.8 Å². The Balaban J connectivity index is 1.83. The maximum Gasteiger partial charge on any atom is 0.337 e. The second-order valence-electron chi connectivity index (χ2n) is 5.80. The van der Waals surface area contributed by atoms with Crippen molar-refractivity contribution >= 4 is 17.6 Å². The number of nitrogens with one attached hydrogen (secondary N) is 1. The van der Waals surface area contributed by atoms with Crippen LogP contribution in [0.1, 0.15) is 20.8 Å². The van der Waals surface area contributed by atoms with Gasteiger partial charge in [-0.3, -0.25) is 9.48 Å². The maximum absolute atomic E-state index is 12.6. The molecule has 1 aromatic heterocycles. The van der Waals surface area contributed by atoms with Gasteiger partial charge in [-0.2, -0.15) is 5.10 Å². The summed E-state index contributed by atoms with van der Waals surface area (Å²) in [6.45, 7) is 0. The number of carbonyl (C=O) groups excluding carboxylic acids is 2. The summed E-state index contributed by atoms with van der Waals surface area (Å²) in [6.07, 6.45) is 0. The predicted molar refractivity (Wildman–Crippen MR) is 101 cm³/mol. The van der Waals surface area contributed by atoms with Crippen LogP contribution >= 0.6 is 0 Å². The molecule has 3 rings (SSSR count). The molecule has 0 aliphatic rings. The molecule has 0 saturated heterocycles. The van der Waals surface area contributed by atoms with E-state index in [2.05, 4.69) is 10.4 Å². The van der Waals surface area contributed by atoms with Crippen molar-refractivity contribution in [1.82, 2.24) is 9.78 Å². The van der Waals surface area contributed by atoms with Gasteiger partial charge in [-0.15, -0.1) is 0 Å². The highest BCUT2D eigenvalue weighted by molar-refractivity contribution is 6.04. The van der Waals surface area contributed by atoms with Gasteiger partial charge in [0.2, 0.25) is 0 Å². The average molecular weight is 365 g/mol. The number of rotatable bonds is 5. The number of aryl methyl sites for hydroxylation is 1. The van der Waals surface area contributed by atoms with Gasteiger partial charge >= 0.3 is 5.97 Å². The molecule has 0 unspecified atom stereocenters. The van der Waals surface area contributed by atoms with Crippen LogP contribution in [0, 0.1) is 0 Å². The molecule has 1 heterocycles. The van der Waals surface area contributed by atoms with Crippen molar-refractivity contribution in [3.63, 3.8) is 0 Å². The molecule has 2 aromatic carbocycles. The number of carbonyl (C=O) groups is 2. The van der Waals surface area contributed by atoms with Gasteiger partial charge in [0, 0.05) is 18.3 Å². The number of aromatic nitrogens is 2. The van der Waals surface area contributed by atoms with Crippen LogP contribution in [0.15, 0.2) is 54.6 Å². The fourth-order valence-corrected chi connectivity index (χ4v) is 2.67. The first-order valence-electron chi connectivity index (χ1n) is 8.20. The van der Waals surface area contributed by atoms with Crippen LogP contribution in [0.3, 0.4) is 0 Å². The van der Waals surface area contributed by atoms with Crippen molar-refractivity contribution < 1.29 is 19.1 Å². The van der Waals surface area contributed by atoms with Crippen molar-refractivity contribution in [2.24, 2.45) is 7.05 Å². The lowest BCUT2D eigenvalue weighted by atomic mass is 10.1. The summed E-state index contributed by atoms with van der Waals surface area (Å²) in [4.78, 5) is 24.2. The lowest BCUT2D eigenvalue weighted by molar-refractivity contribution is 0.0600. The molecule has 0 aliphatic heterocycles. The first kappa shape index (κ1) is 18.2. The molecule has 1 N–H and O–H groups in total. The second kappa shape index (κ2) is 7.74. The summed E-state index contributed by atoms with van der Waals surface area (Å²) in [6, 6.07) is 15.7. The van der Waals surface area contributed by atoms with Gasteiger partial charge in [-0.25, -0.2) is 4.79 Å². The molecule has 0 bridgehead atoms. The van der Waals surface area contributed by atoms with E-state index in [0.717, 1.165) is 17.0 Å². The van der Waals surface area contributed by atoms with Crippen molar-refractivity contribution in [1.29, 1.82) is 0 Å². The zero-order valence-corrected chi connectivity index (χ0v) is 15.2. The Bertz CT molecular complexity index is 994. The third kappa shape index (κ3) is 3.98. The van der Waals surface area contributed by atoms with E-state index in [1.54, 1.807) is 49.2 Å². The number of esters is 1. The number of methoxy groups -OCH3 is 2. The number of anilines is 1. The molecule has 0 radical (unpaired) electrons. The quantitative estimate of drug-likeness (QED) is 0.703. The molecule has 0 saturated carbocycles. The number of ether oxygens (including phenoxy) is 2. The second-order valence-corrected chi connectivity index (χ2v) is 5.80. The van der Waals surface area contributed by atoms with Crippen LogP contribution in [0.5, 0.6) is 5.75 Å². The first-order chi connectivity index (χ1) is 13.0. The van der Waals surface area contributed by atoms with Crippen LogP contribution in [0.2, 0.25) is 0 Å². The van der Waals surface area contributed by atoms with Crippen LogP contribution < -0.4 is 10.1 Å². The van der Waals surface area contributed by atoms with Gasteiger partial charge in [0.1, 0.15) is 5.75 Å². The summed E-state index contributed by atoms with van der Waals surface area (Å²) >= 11 is 0. The highest BCUT2D eigenvalue weighted by atomic mass is 16.5. The van der Waals surface area contributed by atoms with Gasteiger partial charge in [-0.05, 0) is 36.4 Å². The summed E-state index contributed by atoms with van der Waals surface area (Å²) < 4.78 is 11.6. The molecule has 7 nitrogen and oxygen atoms in total. The molecule has 138 valence electrons. The standard InChI is InChI=1S/C20H19N3O4/c1-23-18(13-6-5-9-16(11-13)26-2)12-17(22-23)19(24)21-15-8-4-7-14(10-15)20(25)27-3/h4-12H,1-3H3,(H,21,24). The third-order valence-electron chi connectivity index (χ3n) is 4.02. The summed E-state index contributed by atoms with van der Waals surface area (Å²) in [7, 11) is 4.68. The van der Waals surface area contributed by atoms with E-state index in [9.17, 15) is 9.59 Å². The first-order valence-corrected chi connectivity index (χ1v) is 8.20. The predicted octanol–water partition coefficient (Wildman–Crippen LogP) is 3.13. The topological polar surface area (TPSA) is 82.5 Å². The third-order valence-corrected chi connectivity index (χ3v) is 4.02. The van der Waals surface area contributed by atoms with Gasteiger partial charge in [-0.1, -0.05) is 18.2 Å². The number of benzene rings is 2. The Morgan fingerprint density at radius 2 is 1.81 bits per heavy atom. The molecule has 1 amide bonds. The Morgan fingerprint density at radius 1 is 1.04 bits per heavy atom. The maximum atomic E-state index is 12.6. The lowest BCUT2D eigenvalue weighted by Crippen LogP contribution is -2.13. The van der Waals surface area contributed by atoms with Gasteiger partial charge in [0.25, 0.3) is 5.91 Å². The minimum atomic E-state index is -0.468. The van der Waals surface area contributed by atoms with Crippen molar-refractivity contribution in [2.45, 2.75) is 0 Å². The fourth-order valence-electron chi connectivity index (χ4n) is 2.67. The van der Waals surface area contributed by atoms with E-state index in [0.29, 0.717) is 11.3 Å². The van der Waals surface area contributed by atoms with E-state index >= 15 is 0 Å². The minimum Gasteiger partial charge on any atom is -0.497 e. The van der Waals surface area contributed by atoms with Crippen molar-refractivity contribution in [3.05, 3.63) is 65.9 Å².